The lowest BCUT2D eigenvalue weighted by atomic mass is 10.3. The van der Waals surface area contributed by atoms with Gasteiger partial charge in [-0.1, -0.05) is 12.1 Å². The van der Waals surface area contributed by atoms with Crippen LogP contribution in [0.4, 0.5) is 4.39 Å². The second-order valence-corrected chi connectivity index (χ2v) is 5.82. The molecule has 1 atom stereocenters. The molecule has 0 spiro atoms. The van der Waals surface area contributed by atoms with Gasteiger partial charge in [0, 0.05) is 19.7 Å². The molecule has 2 aromatic rings. The van der Waals surface area contributed by atoms with E-state index in [1.54, 1.807) is 18.2 Å². The number of nitrogens with zero attached hydrogens (tertiary/aromatic N) is 4. The topological polar surface area (TPSA) is 76.4 Å². The lowest BCUT2D eigenvalue weighted by Crippen LogP contribution is -2.42. The normalized spacial score (nSPS) is 12.1. The highest BCUT2D eigenvalue weighted by Gasteiger charge is 2.08. The van der Waals surface area contributed by atoms with E-state index >= 15 is 0 Å². The number of benzene rings is 1. The molecule has 1 aromatic heterocycles. The van der Waals surface area contributed by atoms with Crippen LogP contribution in [0.3, 0.4) is 0 Å². The summed E-state index contributed by atoms with van der Waals surface area (Å²) >= 11 is 0. The zero-order valence-corrected chi connectivity index (χ0v) is 18.1. The second-order valence-electron chi connectivity index (χ2n) is 5.82. The van der Waals surface area contributed by atoms with E-state index in [0.717, 1.165) is 11.6 Å². The van der Waals surface area contributed by atoms with Gasteiger partial charge in [-0.05, 0) is 26.0 Å². The standard InChI is InChI=1S/C18H25FN6O.HI/c1-5-9-20-18(22-12-17-24-23-14(3)25(17)4)21-11-13(2)26-16-8-6-7-15(19)10-16;/h5-8,10,13H,1,9,11-12H2,2-4H3,(H2,20,21,22);1H. The molecule has 9 heteroatoms. The fourth-order valence-corrected chi connectivity index (χ4v) is 2.14. The molecule has 0 radical (unpaired) electrons. The highest BCUT2D eigenvalue weighted by molar-refractivity contribution is 14.0. The van der Waals surface area contributed by atoms with Gasteiger partial charge < -0.3 is 19.9 Å². The van der Waals surface area contributed by atoms with Crippen LogP contribution in [0.15, 0.2) is 41.9 Å². The quantitative estimate of drug-likeness (QED) is 0.259. The van der Waals surface area contributed by atoms with E-state index in [9.17, 15) is 4.39 Å². The molecule has 7 nitrogen and oxygen atoms in total. The number of hydrogen-bond donors (Lipinski definition) is 2. The number of hydrogen-bond acceptors (Lipinski definition) is 4. The summed E-state index contributed by atoms with van der Waals surface area (Å²) < 4.78 is 20.8. The molecular weight excluding hydrogens is 462 g/mol. The lowest BCUT2D eigenvalue weighted by Gasteiger charge is -2.17. The lowest BCUT2D eigenvalue weighted by molar-refractivity contribution is 0.223. The zero-order valence-electron chi connectivity index (χ0n) is 15.8. The van der Waals surface area contributed by atoms with E-state index in [0.29, 0.717) is 31.3 Å². The SMILES string of the molecule is C=CCNC(=NCc1nnc(C)n1C)NCC(C)Oc1cccc(F)c1.I. The first-order chi connectivity index (χ1) is 12.5. The van der Waals surface area contributed by atoms with Crippen molar-refractivity contribution in [1.82, 2.24) is 25.4 Å². The van der Waals surface area contributed by atoms with Gasteiger partial charge in [-0.15, -0.1) is 40.8 Å². The number of aliphatic imine (C=N–C) groups is 1. The third kappa shape index (κ3) is 7.53. The minimum absolute atomic E-state index is 0. The smallest absolute Gasteiger partial charge is 0.192 e. The van der Waals surface area contributed by atoms with Crippen LogP contribution >= 0.6 is 24.0 Å². The van der Waals surface area contributed by atoms with Crippen LogP contribution in [0.5, 0.6) is 5.75 Å². The monoisotopic (exact) mass is 488 g/mol. The maximum Gasteiger partial charge on any atom is 0.192 e. The van der Waals surface area contributed by atoms with Crippen molar-refractivity contribution in [3.8, 4) is 5.75 Å². The summed E-state index contributed by atoms with van der Waals surface area (Å²) in [7, 11) is 1.90. The van der Waals surface area contributed by atoms with Crippen molar-refractivity contribution in [2.45, 2.75) is 26.5 Å². The number of nitrogens with one attached hydrogen (secondary N) is 2. The summed E-state index contributed by atoms with van der Waals surface area (Å²) in [5.41, 5.74) is 0. The van der Waals surface area contributed by atoms with E-state index in [4.69, 9.17) is 4.74 Å². The van der Waals surface area contributed by atoms with Gasteiger partial charge in [0.05, 0.1) is 6.54 Å². The molecular formula is C18H26FIN6O. The van der Waals surface area contributed by atoms with Crippen LogP contribution in [0, 0.1) is 12.7 Å². The summed E-state index contributed by atoms with van der Waals surface area (Å²) in [6.45, 7) is 8.94. The number of aryl methyl sites for hydroxylation is 1. The predicted octanol–water partition coefficient (Wildman–Crippen LogP) is 2.57. The van der Waals surface area contributed by atoms with Gasteiger partial charge in [-0.2, -0.15) is 0 Å². The van der Waals surface area contributed by atoms with E-state index in [-0.39, 0.29) is 35.9 Å². The van der Waals surface area contributed by atoms with E-state index in [2.05, 4.69) is 32.4 Å². The number of halogens is 2. The van der Waals surface area contributed by atoms with E-state index in [1.807, 2.05) is 25.5 Å². The molecule has 1 unspecified atom stereocenters. The van der Waals surface area contributed by atoms with Gasteiger partial charge in [-0.3, -0.25) is 0 Å². The van der Waals surface area contributed by atoms with Crippen LogP contribution < -0.4 is 15.4 Å². The molecule has 0 bridgehead atoms. The van der Waals surface area contributed by atoms with Gasteiger partial charge in [0.25, 0.3) is 0 Å². The number of ether oxygens (including phenoxy) is 1. The molecule has 1 heterocycles. The third-order valence-corrected chi connectivity index (χ3v) is 3.67. The predicted molar refractivity (Wildman–Crippen MR) is 115 cm³/mol. The molecule has 0 amide bonds. The Labute approximate surface area is 176 Å². The van der Waals surface area contributed by atoms with Crippen molar-refractivity contribution in [2.75, 3.05) is 13.1 Å². The second kappa shape index (κ2) is 11.5. The molecule has 2 N–H and O–H groups in total. The van der Waals surface area contributed by atoms with Crippen molar-refractivity contribution >= 4 is 29.9 Å². The van der Waals surface area contributed by atoms with Crippen molar-refractivity contribution in [2.24, 2.45) is 12.0 Å². The Morgan fingerprint density at radius 2 is 2.19 bits per heavy atom. The maximum atomic E-state index is 13.2. The third-order valence-electron chi connectivity index (χ3n) is 3.67. The molecule has 0 saturated carbocycles. The average molecular weight is 488 g/mol. The molecule has 0 aliphatic carbocycles. The van der Waals surface area contributed by atoms with Crippen molar-refractivity contribution in [1.29, 1.82) is 0 Å². The first kappa shape index (κ1) is 22.9. The number of guanidine groups is 1. The minimum Gasteiger partial charge on any atom is -0.489 e. The molecule has 1 aromatic carbocycles. The largest absolute Gasteiger partial charge is 0.489 e. The average Bonchev–Trinajstić information content (AvgIpc) is 2.93. The Morgan fingerprint density at radius 3 is 2.81 bits per heavy atom. The highest BCUT2D eigenvalue weighted by Crippen LogP contribution is 2.13. The van der Waals surface area contributed by atoms with Gasteiger partial charge in [0.1, 0.15) is 30.0 Å². The summed E-state index contributed by atoms with van der Waals surface area (Å²) in [6, 6.07) is 6.08. The fraction of sp³-hybridized carbons (Fsp3) is 0.389. The Kier molecular flexibility index (Phi) is 9.76. The van der Waals surface area contributed by atoms with Crippen LogP contribution in [0.2, 0.25) is 0 Å². The molecule has 0 saturated heterocycles. The minimum atomic E-state index is -0.323. The first-order valence-corrected chi connectivity index (χ1v) is 8.39. The summed E-state index contributed by atoms with van der Waals surface area (Å²) in [5, 5.41) is 14.5. The molecule has 0 aliphatic rings. The molecule has 0 fully saturated rings. The van der Waals surface area contributed by atoms with Gasteiger partial charge in [0.2, 0.25) is 0 Å². The van der Waals surface area contributed by atoms with E-state index < -0.39 is 0 Å². The number of aromatic nitrogens is 3. The summed E-state index contributed by atoms with van der Waals surface area (Å²) in [5.74, 6) is 2.38. The van der Waals surface area contributed by atoms with Crippen LogP contribution in [-0.2, 0) is 13.6 Å². The van der Waals surface area contributed by atoms with Crippen LogP contribution in [-0.4, -0.2) is 39.9 Å². The Hall–Kier alpha value is -2.17. The van der Waals surface area contributed by atoms with Gasteiger partial charge in [0.15, 0.2) is 11.8 Å². The first-order valence-electron chi connectivity index (χ1n) is 8.39. The molecule has 27 heavy (non-hydrogen) atoms. The van der Waals surface area contributed by atoms with Gasteiger partial charge >= 0.3 is 0 Å². The van der Waals surface area contributed by atoms with Crippen LogP contribution in [0.25, 0.3) is 0 Å². The summed E-state index contributed by atoms with van der Waals surface area (Å²) in [6.07, 6.45) is 1.57. The highest BCUT2D eigenvalue weighted by atomic mass is 127. The van der Waals surface area contributed by atoms with Crippen molar-refractivity contribution in [3.63, 3.8) is 0 Å². The molecule has 2 rings (SSSR count). The Bertz CT molecular complexity index is 764. The molecule has 0 aliphatic heterocycles. The van der Waals surface area contributed by atoms with Crippen molar-refractivity contribution in [3.05, 3.63) is 54.4 Å². The summed E-state index contributed by atoms with van der Waals surface area (Å²) in [4.78, 5) is 4.51. The molecule has 148 valence electrons. The number of rotatable bonds is 8. The fourth-order valence-electron chi connectivity index (χ4n) is 2.14. The zero-order chi connectivity index (χ0) is 18.9. The van der Waals surface area contributed by atoms with E-state index in [1.165, 1.54) is 12.1 Å². The van der Waals surface area contributed by atoms with Crippen molar-refractivity contribution < 1.29 is 9.13 Å². The van der Waals surface area contributed by atoms with Crippen LogP contribution in [0.1, 0.15) is 18.6 Å². The Morgan fingerprint density at radius 1 is 1.41 bits per heavy atom. The Balaban J connectivity index is 0.00000364. The van der Waals surface area contributed by atoms with Gasteiger partial charge in [-0.25, -0.2) is 9.38 Å². The maximum absolute atomic E-state index is 13.2.